The van der Waals surface area contributed by atoms with E-state index in [9.17, 15) is 19.2 Å². The number of aryl methyl sites for hydroxylation is 1. The van der Waals surface area contributed by atoms with Crippen molar-refractivity contribution >= 4 is 28.5 Å². The molecular formula is C24H30N6O4. The van der Waals surface area contributed by atoms with Gasteiger partial charge in [-0.05, 0) is 43.9 Å². The smallest absolute Gasteiger partial charge is 0.352 e. The summed E-state index contributed by atoms with van der Waals surface area (Å²) in [5.74, 6) is -0.375. The second-order valence-electron chi connectivity index (χ2n) is 9.53. The van der Waals surface area contributed by atoms with Crippen molar-refractivity contribution in [2.75, 3.05) is 0 Å². The van der Waals surface area contributed by atoms with E-state index in [0.717, 1.165) is 56.0 Å². The number of hydrogen-bond acceptors (Lipinski definition) is 5. The van der Waals surface area contributed by atoms with Crippen LogP contribution in [0.4, 0.5) is 0 Å². The minimum absolute atomic E-state index is 0.125. The van der Waals surface area contributed by atoms with Gasteiger partial charge in [0.25, 0.3) is 11.5 Å². The van der Waals surface area contributed by atoms with Gasteiger partial charge in [0.15, 0.2) is 0 Å². The van der Waals surface area contributed by atoms with Gasteiger partial charge >= 0.3 is 5.69 Å². The number of benzene rings is 1. The van der Waals surface area contributed by atoms with Gasteiger partial charge in [0, 0.05) is 24.7 Å². The van der Waals surface area contributed by atoms with Crippen molar-refractivity contribution in [3.8, 4) is 0 Å². The average Bonchev–Trinajstić information content (AvgIpc) is 3.46. The fourth-order valence-corrected chi connectivity index (χ4v) is 5.23. The lowest BCUT2D eigenvalue weighted by atomic mass is 9.95. The molecule has 0 unspecified atom stereocenters. The molecule has 1 aromatic carbocycles. The van der Waals surface area contributed by atoms with Crippen molar-refractivity contribution in [3.05, 3.63) is 44.6 Å². The fraction of sp³-hybridized carbons (Fsp3) is 0.542. The summed E-state index contributed by atoms with van der Waals surface area (Å²) in [6, 6.07) is 5.01. The lowest BCUT2D eigenvalue weighted by molar-refractivity contribution is -0.122. The monoisotopic (exact) mass is 466 g/mol. The molecule has 2 saturated carbocycles. The molecule has 2 heterocycles. The van der Waals surface area contributed by atoms with Crippen molar-refractivity contribution in [1.29, 1.82) is 0 Å². The van der Waals surface area contributed by atoms with Gasteiger partial charge in [0.2, 0.25) is 11.7 Å². The molecular weight excluding hydrogens is 436 g/mol. The zero-order valence-corrected chi connectivity index (χ0v) is 19.4. The van der Waals surface area contributed by atoms with Crippen LogP contribution in [0.15, 0.2) is 27.8 Å². The SMILES string of the molecule is Cn1c(=O)c2ccc(C(=O)NC3CCCC3)cc2n2c(=O)n(CC(=O)NC3CCCCC3)nc12. The van der Waals surface area contributed by atoms with Crippen LogP contribution >= 0.6 is 0 Å². The van der Waals surface area contributed by atoms with Crippen LogP contribution in [-0.4, -0.2) is 42.6 Å². The maximum Gasteiger partial charge on any atom is 0.352 e. The summed E-state index contributed by atoms with van der Waals surface area (Å²) < 4.78 is 3.67. The molecule has 3 aromatic rings. The van der Waals surface area contributed by atoms with E-state index in [0.29, 0.717) is 16.5 Å². The van der Waals surface area contributed by atoms with Crippen LogP contribution in [0.25, 0.3) is 16.7 Å². The standard InChI is InChI=1S/C24H30N6O4/c1-28-22(33)18-12-11-15(21(32)26-17-9-5-6-10-17)13-19(18)30-23(28)27-29(24(30)34)14-20(31)25-16-7-3-2-4-8-16/h11-13,16-17H,2-10,14H2,1H3,(H,25,31)(H,26,32). The van der Waals surface area contributed by atoms with Gasteiger partial charge in [-0.2, -0.15) is 0 Å². The topological polar surface area (TPSA) is 120 Å². The van der Waals surface area contributed by atoms with Gasteiger partial charge in [-0.3, -0.25) is 19.0 Å². The Morgan fingerprint density at radius 1 is 0.971 bits per heavy atom. The number of carbonyl (C=O) groups is 2. The van der Waals surface area contributed by atoms with E-state index in [1.165, 1.54) is 22.4 Å². The largest absolute Gasteiger partial charge is 0.352 e. The molecule has 2 N–H and O–H groups in total. The van der Waals surface area contributed by atoms with Gasteiger partial charge in [0.1, 0.15) is 6.54 Å². The summed E-state index contributed by atoms with van der Waals surface area (Å²) >= 11 is 0. The van der Waals surface area contributed by atoms with Crippen LogP contribution in [0.3, 0.4) is 0 Å². The van der Waals surface area contributed by atoms with Gasteiger partial charge < -0.3 is 10.6 Å². The van der Waals surface area contributed by atoms with E-state index in [4.69, 9.17) is 0 Å². The molecule has 0 radical (unpaired) electrons. The van der Waals surface area contributed by atoms with E-state index >= 15 is 0 Å². The minimum Gasteiger partial charge on any atom is -0.352 e. The van der Waals surface area contributed by atoms with Gasteiger partial charge in [-0.1, -0.05) is 32.1 Å². The molecule has 2 amide bonds. The first-order chi connectivity index (χ1) is 16.4. The van der Waals surface area contributed by atoms with Gasteiger partial charge in [-0.15, -0.1) is 5.10 Å². The Balaban J connectivity index is 1.50. The maximum atomic E-state index is 13.3. The molecule has 180 valence electrons. The van der Waals surface area contributed by atoms with E-state index in [1.54, 1.807) is 18.2 Å². The Bertz CT molecular complexity index is 1370. The quantitative estimate of drug-likeness (QED) is 0.590. The average molecular weight is 467 g/mol. The van der Waals surface area contributed by atoms with Crippen molar-refractivity contribution in [2.45, 2.75) is 76.4 Å². The van der Waals surface area contributed by atoms with Crippen LogP contribution in [0, 0.1) is 0 Å². The van der Waals surface area contributed by atoms with E-state index in [1.807, 2.05) is 0 Å². The van der Waals surface area contributed by atoms with Crippen molar-refractivity contribution in [3.63, 3.8) is 0 Å². The van der Waals surface area contributed by atoms with E-state index in [2.05, 4.69) is 15.7 Å². The van der Waals surface area contributed by atoms with Crippen LogP contribution in [0.1, 0.15) is 68.1 Å². The molecule has 10 nitrogen and oxygen atoms in total. The van der Waals surface area contributed by atoms with E-state index in [-0.39, 0.29) is 41.8 Å². The Morgan fingerprint density at radius 2 is 1.62 bits per heavy atom. The number of nitrogens with one attached hydrogen (secondary N) is 2. The summed E-state index contributed by atoms with van der Waals surface area (Å²) in [6.07, 6.45) is 9.35. The zero-order valence-electron chi connectivity index (χ0n) is 19.4. The Morgan fingerprint density at radius 3 is 2.32 bits per heavy atom. The molecule has 5 rings (SSSR count). The van der Waals surface area contributed by atoms with Gasteiger partial charge in [-0.25, -0.2) is 13.9 Å². The van der Waals surface area contributed by atoms with Crippen molar-refractivity contribution in [1.82, 2.24) is 29.4 Å². The highest BCUT2D eigenvalue weighted by Crippen LogP contribution is 2.20. The summed E-state index contributed by atoms with van der Waals surface area (Å²) in [5, 5.41) is 10.6. The first kappa shape index (κ1) is 22.4. The van der Waals surface area contributed by atoms with Crippen LogP contribution in [0.2, 0.25) is 0 Å². The summed E-state index contributed by atoms with van der Waals surface area (Å²) in [7, 11) is 1.54. The maximum absolute atomic E-state index is 13.3. The predicted molar refractivity (Wildman–Crippen MR) is 127 cm³/mol. The Labute approximate surface area is 195 Å². The number of rotatable bonds is 5. The molecule has 2 aliphatic rings. The molecule has 10 heteroatoms. The third kappa shape index (κ3) is 4.12. The summed E-state index contributed by atoms with van der Waals surface area (Å²) in [5.41, 5.74) is -0.165. The zero-order chi connectivity index (χ0) is 23.8. The second-order valence-corrected chi connectivity index (χ2v) is 9.53. The molecule has 2 fully saturated rings. The first-order valence-electron chi connectivity index (χ1n) is 12.1. The third-order valence-electron chi connectivity index (χ3n) is 7.11. The molecule has 34 heavy (non-hydrogen) atoms. The summed E-state index contributed by atoms with van der Waals surface area (Å²) in [6.45, 7) is -0.228. The van der Waals surface area contributed by atoms with E-state index < -0.39 is 5.69 Å². The number of nitrogens with zero attached hydrogens (tertiary/aromatic N) is 4. The lowest BCUT2D eigenvalue weighted by Gasteiger charge is -2.22. The number of hydrogen-bond donors (Lipinski definition) is 2. The molecule has 0 spiro atoms. The second kappa shape index (κ2) is 9.08. The third-order valence-corrected chi connectivity index (χ3v) is 7.11. The molecule has 0 aliphatic heterocycles. The molecule has 0 bridgehead atoms. The van der Waals surface area contributed by atoms with Crippen LogP contribution in [-0.2, 0) is 18.4 Å². The molecule has 2 aliphatic carbocycles. The molecule has 0 saturated heterocycles. The number of aromatic nitrogens is 4. The van der Waals surface area contributed by atoms with Crippen molar-refractivity contribution < 1.29 is 9.59 Å². The minimum atomic E-state index is -0.525. The predicted octanol–water partition coefficient (Wildman–Crippen LogP) is 1.47. The Kier molecular flexibility index (Phi) is 5.97. The molecule has 2 aromatic heterocycles. The number of carbonyl (C=O) groups excluding carboxylic acids is 2. The van der Waals surface area contributed by atoms with Crippen LogP contribution in [0.5, 0.6) is 0 Å². The highest BCUT2D eigenvalue weighted by atomic mass is 16.2. The Hall–Kier alpha value is -3.43. The van der Waals surface area contributed by atoms with Crippen LogP contribution < -0.4 is 21.9 Å². The first-order valence-corrected chi connectivity index (χ1v) is 12.1. The highest BCUT2D eigenvalue weighted by Gasteiger charge is 2.22. The normalized spacial score (nSPS) is 17.4. The van der Waals surface area contributed by atoms with Gasteiger partial charge in [0.05, 0.1) is 10.9 Å². The number of fused-ring (bicyclic) bond motifs is 3. The lowest BCUT2D eigenvalue weighted by Crippen LogP contribution is -2.40. The summed E-state index contributed by atoms with van der Waals surface area (Å²) in [4.78, 5) is 51.6. The number of amides is 2. The highest BCUT2D eigenvalue weighted by molar-refractivity contribution is 5.98. The fourth-order valence-electron chi connectivity index (χ4n) is 5.23. The van der Waals surface area contributed by atoms with Crippen molar-refractivity contribution in [2.24, 2.45) is 7.05 Å². The molecule has 0 atom stereocenters.